The first kappa shape index (κ1) is 13.0. The van der Waals surface area contributed by atoms with Crippen molar-refractivity contribution in [3.8, 4) is 0 Å². The predicted molar refractivity (Wildman–Crippen MR) is 59.6 cm³/mol. The average Bonchev–Trinajstić information content (AvgIpc) is 2.21. The van der Waals surface area contributed by atoms with E-state index >= 15 is 0 Å². The summed E-state index contributed by atoms with van der Waals surface area (Å²) in [5.74, 6) is -2.24. The SMILES string of the molecule is NC(=O)c1c(F)c(NC=O)c(Cl)c(Cl)c1Cl. The fraction of sp³-hybridized carbons (Fsp3) is 0. The van der Waals surface area contributed by atoms with Gasteiger partial charge in [0.15, 0.2) is 5.82 Å². The third kappa shape index (κ3) is 2.07. The molecule has 0 heterocycles. The summed E-state index contributed by atoms with van der Waals surface area (Å²) in [5.41, 5.74) is 3.85. The lowest BCUT2D eigenvalue weighted by molar-refractivity contribution is -0.105. The van der Waals surface area contributed by atoms with Gasteiger partial charge in [0, 0.05) is 0 Å². The van der Waals surface area contributed by atoms with Crippen LogP contribution in [0.3, 0.4) is 0 Å². The number of carbonyl (C=O) groups excluding carboxylic acids is 2. The molecule has 3 N–H and O–H groups in total. The molecule has 4 nitrogen and oxygen atoms in total. The topological polar surface area (TPSA) is 72.2 Å². The van der Waals surface area contributed by atoms with Crippen molar-refractivity contribution < 1.29 is 14.0 Å². The van der Waals surface area contributed by atoms with Crippen LogP contribution in [0.1, 0.15) is 10.4 Å². The van der Waals surface area contributed by atoms with Crippen LogP contribution in [0.5, 0.6) is 0 Å². The van der Waals surface area contributed by atoms with E-state index in [0.29, 0.717) is 0 Å². The Bertz CT molecular complexity index is 479. The third-order valence-electron chi connectivity index (χ3n) is 1.71. The van der Waals surface area contributed by atoms with Gasteiger partial charge < -0.3 is 11.1 Å². The average molecular weight is 285 g/mol. The van der Waals surface area contributed by atoms with Crippen molar-refractivity contribution in [2.75, 3.05) is 5.32 Å². The van der Waals surface area contributed by atoms with E-state index < -0.39 is 28.0 Å². The normalized spacial score (nSPS) is 10.0. The second-order valence-corrected chi connectivity index (χ2v) is 3.77. The van der Waals surface area contributed by atoms with E-state index in [0.717, 1.165) is 0 Å². The summed E-state index contributed by atoms with van der Waals surface area (Å²) in [6, 6.07) is 0. The quantitative estimate of drug-likeness (QED) is 0.508. The van der Waals surface area contributed by atoms with Gasteiger partial charge in [-0.2, -0.15) is 0 Å². The van der Waals surface area contributed by atoms with Crippen molar-refractivity contribution >= 4 is 52.8 Å². The van der Waals surface area contributed by atoms with Gasteiger partial charge in [-0.05, 0) is 0 Å². The van der Waals surface area contributed by atoms with Crippen LogP contribution >= 0.6 is 34.8 Å². The van der Waals surface area contributed by atoms with Crippen molar-refractivity contribution in [2.24, 2.45) is 5.73 Å². The highest BCUT2D eigenvalue weighted by Gasteiger charge is 2.24. The van der Waals surface area contributed by atoms with Gasteiger partial charge in [0.25, 0.3) is 5.91 Å². The molecule has 0 saturated heterocycles. The van der Waals surface area contributed by atoms with Crippen LogP contribution in [-0.2, 0) is 4.79 Å². The molecular weight excluding hydrogens is 281 g/mol. The lowest BCUT2D eigenvalue weighted by Gasteiger charge is -2.11. The first-order valence-corrected chi connectivity index (χ1v) is 4.91. The van der Waals surface area contributed by atoms with Gasteiger partial charge in [-0.3, -0.25) is 9.59 Å². The highest BCUT2D eigenvalue weighted by molar-refractivity contribution is 6.50. The van der Waals surface area contributed by atoms with E-state index in [1.807, 2.05) is 5.32 Å². The van der Waals surface area contributed by atoms with Gasteiger partial charge in [-0.15, -0.1) is 0 Å². The zero-order valence-electron chi connectivity index (χ0n) is 7.48. The minimum absolute atomic E-state index is 0.180. The zero-order valence-corrected chi connectivity index (χ0v) is 9.75. The Hall–Kier alpha value is -1.04. The highest BCUT2D eigenvalue weighted by atomic mass is 35.5. The fourth-order valence-corrected chi connectivity index (χ4v) is 1.78. The molecule has 2 amide bonds. The Labute approximate surface area is 104 Å². The number of anilines is 1. The number of benzene rings is 1. The maximum absolute atomic E-state index is 13.7. The summed E-state index contributed by atoms with van der Waals surface area (Å²) < 4.78 is 13.7. The number of rotatable bonds is 3. The summed E-state index contributed by atoms with van der Waals surface area (Å²) >= 11 is 16.9. The largest absolute Gasteiger partial charge is 0.365 e. The summed E-state index contributed by atoms with van der Waals surface area (Å²) in [6.07, 6.45) is 0.180. The molecule has 0 aliphatic heterocycles. The molecule has 0 bridgehead atoms. The molecule has 0 spiro atoms. The minimum Gasteiger partial charge on any atom is -0.365 e. The van der Waals surface area contributed by atoms with Gasteiger partial charge in [-0.25, -0.2) is 4.39 Å². The molecule has 0 aliphatic rings. The van der Waals surface area contributed by atoms with Crippen molar-refractivity contribution in [2.45, 2.75) is 0 Å². The maximum atomic E-state index is 13.7. The van der Waals surface area contributed by atoms with E-state index in [-0.39, 0.29) is 16.5 Å². The third-order valence-corrected chi connectivity index (χ3v) is 3.04. The Morgan fingerprint density at radius 3 is 2.25 bits per heavy atom. The Morgan fingerprint density at radius 2 is 1.81 bits per heavy atom. The van der Waals surface area contributed by atoms with Crippen molar-refractivity contribution in [1.82, 2.24) is 0 Å². The molecule has 0 unspecified atom stereocenters. The Balaban J connectivity index is 3.65. The monoisotopic (exact) mass is 284 g/mol. The van der Waals surface area contributed by atoms with Crippen LogP contribution in [0.15, 0.2) is 0 Å². The van der Waals surface area contributed by atoms with Crippen LogP contribution in [0, 0.1) is 5.82 Å². The molecule has 0 saturated carbocycles. The Kier molecular flexibility index (Phi) is 3.96. The fourth-order valence-electron chi connectivity index (χ4n) is 1.04. The highest BCUT2D eigenvalue weighted by Crippen LogP contribution is 2.40. The summed E-state index contributed by atoms with van der Waals surface area (Å²) in [4.78, 5) is 21.2. The molecular formula is C8H4Cl3FN2O2. The van der Waals surface area contributed by atoms with Gasteiger partial charge in [0.2, 0.25) is 6.41 Å². The summed E-state index contributed by atoms with van der Waals surface area (Å²) in [7, 11) is 0. The van der Waals surface area contributed by atoms with Crippen LogP contribution in [0.2, 0.25) is 15.1 Å². The first-order valence-electron chi connectivity index (χ1n) is 3.77. The van der Waals surface area contributed by atoms with Crippen molar-refractivity contribution in [3.05, 3.63) is 26.4 Å². The summed E-state index contributed by atoms with van der Waals surface area (Å²) in [5, 5.41) is 1.01. The first-order chi connectivity index (χ1) is 7.41. The molecule has 0 radical (unpaired) electrons. The molecule has 16 heavy (non-hydrogen) atoms. The molecule has 0 atom stereocenters. The molecule has 1 aromatic carbocycles. The number of hydrogen-bond donors (Lipinski definition) is 2. The summed E-state index contributed by atoms with van der Waals surface area (Å²) in [6.45, 7) is 0. The van der Waals surface area contributed by atoms with Gasteiger partial charge in [0.05, 0.1) is 26.3 Å². The maximum Gasteiger partial charge on any atom is 0.253 e. The molecule has 0 aliphatic carbocycles. The number of primary amides is 1. The van der Waals surface area contributed by atoms with Crippen LogP contribution in [-0.4, -0.2) is 12.3 Å². The van der Waals surface area contributed by atoms with E-state index in [1.54, 1.807) is 0 Å². The number of amides is 2. The predicted octanol–water partition coefficient (Wildman–Crippen LogP) is 2.45. The van der Waals surface area contributed by atoms with Crippen molar-refractivity contribution in [3.63, 3.8) is 0 Å². The molecule has 1 aromatic rings. The number of nitrogens with two attached hydrogens (primary N) is 1. The lowest BCUT2D eigenvalue weighted by atomic mass is 10.1. The van der Waals surface area contributed by atoms with Gasteiger partial charge in [0.1, 0.15) is 0 Å². The Morgan fingerprint density at radius 1 is 1.25 bits per heavy atom. The lowest BCUT2D eigenvalue weighted by Crippen LogP contribution is -2.16. The van der Waals surface area contributed by atoms with Gasteiger partial charge in [-0.1, -0.05) is 34.8 Å². The molecule has 0 aromatic heterocycles. The smallest absolute Gasteiger partial charge is 0.253 e. The zero-order chi connectivity index (χ0) is 12.5. The van der Waals surface area contributed by atoms with E-state index in [4.69, 9.17) is 40.5 Å². The van der Waals surface area contributed by atoms with E-state index in [9.17, 15) is 14.0 Å². The molecule has 1 rings (SSSR count). The second kappa shape index (κ2) is 4.86. The van der Waals surface area contributed by atoms with Crippen molar-refractivity contribution in [1.29, 1.82) is 0 Å². The molecule has 86 valence electrons. The second-order valence-electron chi connectivity index (χ2n) is 2.63. The minimum atomic E-state index is -1.13. The molecule has 0 fully saturated rings. The van der Waals surface area contributed by atoms with E-state index in [2.05, 4.69) is 0 Å². The number of halogens is 4. The standard InChI is InChI=1S/C8H4Cl3FN2O2/c9-3-2(8(13)16)6(12)7(14-1-15)5(11)4(3)10/h1H,(H2,13,16)(H,14,15). The van der Waals surface area contributed by atoms with E-state index in [1.165, 1.54) is 0 Å². The van der Waals surface area contributed by atoms with Crippen LogP contribution < -0.4 is 11.1 Å². The van der Waals surface area contributed by atoms with Crippen LogP contribution in [0.25, 0.3) is 0 Å². The number of hydrogen-bond acceptors (Lipinski definition) is 2. The molecule has 8 heteroatoms. The van der Waals surface area contributed by atoms with Crippen LogP contribution in [0.4, 0.5) is 10.1 Å². The number of carbonyl (C=O) groups is 2. The van der Waals surface area contributed by atoms with Gasteiger partial charge >= 0.3 is 0 Å². The number of nitrogens with one attached hydrogen (secondary N) is 1.